The van der Waals surface area contributed by atoms with Gasteiger partial charge in [-0.2, -0.15) is 0 Å². The first-order valence-corrected chi connectivity index (χ1v) is 4.17. The average Bonchev–Trinajstić information content (AvgIpc) is 2.18. The quantitative estimate of drug-likeness (QED) is 0.479. The van der Waals surface area contributed by atoms with Crippen LogP contribution in [0.3, 0.4) is 0 Å². The summed E-state index contributed by atoms with van der Waals surface area (Å²) in [5.41, 5.74) is 0.894. The summed E-state index contributed by atoms with van der Waals surface area (Å²) in [5.74, 6) is 0.817. The van der Waals surface area contributed by atoms with E-state index in [4.69, 9.17) is 0 Å². The van der Waals surface area contributed by atoms with Gasteiger partial charge in [-0.3, -0.25) is 0 Å². The van der Waals surface area contributed by atoms with E-state index < -0.39 is 0 Å². The molecule has 0 aromatic carbocycles. The van der Waals surface area contributed by atoms with E-state index >= 15 is 0 Å². The van der Waals surface area contributed by atoms with Gasteiger partial charge in [-0.1, -0.05) is 26.8 Å². The summed E-state index contributed by atoms with van der Waals surface area (Å²) in [6, 6.07) is 0. The molecule has 0 spiro atoms. The van der Waals surface area contributed by atoms with E-state index in [0.717, 1.165) is 5.92 Å². The van der Waals surface area contributed by atoms with Gasteiger partial charge in [-0.25, -0.2) is 0 Å². The fourth-order valence-corrected chi connectivity index (χ4v) is 2.37. The Labute approximate surface area is 63.3 Å². The van der Waals surface area contributed by atoms with Gasteiger partial charge in [0.05, 0.1) is 0 Å². The Morgan fingerprint density at radius 2 is 2.10 bits per heavy atom. The van der Waals surface area contributed by atoms with Crippen molar-refractivity contribution in [2.75, 3.05) is 0 Å². The molecule has 0 amide bonds. The molecule has 0 unspecified atom stereocenters. The molecule has 0 heteroatoms. The fourth-order valence-electron chi connectivity index (χ4n) is 2.37. The van der Waals surface area contributed by atoms with Gasteiger partial charge < -0.3 is 0 Å². The van der Waals surface area contributed by atoms with E-state index in [1.807, 2.05) is 0 Å². The van der Waals surface area contributed by atoms with Gasteiger partial charge in [0.1, 0.15) is 0 Å². The molecule has 2 bridgehead atoms. The van der Waals surface area contributed by atoms with Gasteiger partial charge in [0.25, 0.3) is 0 Å². The zero-order chi connectivity index (χ0) is 7.41. The molecular weight excluding hydrogens is 120 g/mol. The number of hydrogen-bond acceptors (Lipinski definition) is 0. The molecule has 0 N–H and O–H groups in total. The molecule has 0 nitrogen and oxygen atoms in total. The van der Waals surface area contributed by atoms with Gasteiger partial charge in [0.2, 0.25) is 0 Å². The van der Waals surface area contributed by atoms with Gasteiger partial charge in [0.15, 0.2) is 0 Å². The van der Waals surface area contributed by atoms with Crippen molar-refractivity contribution in [1.82, 2.24) is 0 Å². The van der Waals surface area contributed by atoms with E-state index in [9.17, 15) is 0 Å². The van der Waals surface area contributed by atoms with E-state index in [-0.39, 0.29) is 0 Å². The van der Waals surface area contributed by atoms with Crippen LogP contribution in [0.15, 0.2) is 6.08 Å². The molecule has 0 saturated heterocycles. The minimum atomic E-state index is 0.400. The Balaban J connectivity index is 2.45. The van der Waals surface area contributed by atoms with Crippen LogP contribution in [0.2, 0.25) is 0 Å². The second-order valence-electron chi connectivity index (χ2n) is 4.51. The first kappa shape index (κ1) is 6.45. The minimum absolute atomic E-state index is 0.400. The number of rotatable bonds is 0. The van der Waals surface area contributed by atoms with E-state index in [0.29, 0.717) is 10.8 Å². The zero-order valence-corrected chi connectivity index (χ0v) is 7.07. The highest BCUT2D eigenvalue weighted by Crippen LogP contribution is 2.60. The van der Waals surface area contributed by atoms with Gasteiger partial charge in [-0.05, 0) is 35.7 Å². The summed E-state index contributed by atoms with van der Waals surface area (Å²) < 4.78 is 0. The molecule has 0 heterocycles. The lowest BCUT2D eigenvalue weighted by atomic mass is 9.71. The summed E-state index contributed by atoms with van der Waals surface area (Å²) in [6.07, 6.45) is 8.53. The van der Waals surface area contributed by atoms with Crippen molar-refractivity contribution >= 4 is 0 Å². The third kappa shape index (κ3) is 0.492. The third-order valence-electron chi connectivity index (χ3n) is 3.91. The predicted molar refractivity (Wildman–Crippen MR) is 42.4 cm³/mol. The lowest BCUT2D eigenvalue weighted by Crippen LogP contribution is -2.27. The normalized spacial score (nSPS) is 48.5. The Hall–Kier alpha value is -0.260. The molecule has 0 aromatic heterocycles. The summed E-state index contributed by atoms with van der Waals surface area (Å²) in [4.78, 5) is 0. The van der Waals surface area contributed by atoms with E-state index in [2.05, 4.69) is 32.9 Å². The van der Waals surface area contributed by atoms with E-state index in [1.54, 1.807) is 0 Å². The first-order valence-electron chi connectivity index (χ1n) is 4.17. The van der Waals surface area contributed by atoms with Crippen LogP contribution in [0.25, 0.3) is 0 Å². The number of allylic oxidation sites excluding steroid dienone is 2. The van der Waals surface area contributed by atoms with Crippen molar-refractivity contribution in [3.63, 3.8) is 0 Å². The van der Waals surface area contributed by atoms with Gasteiger partial charge in [-0.15, -0.1) is 0 Å². The molecule has 55 valence electrons. The van der Waals surface area contributed by atoms with Crippen molar-refractivity contribution in [3.8, 4) is 0 Å². The molecule has 2 aliphatic carbocycles. The maximum Gasteiger partial charge on any atom is -0.00185 e. The Morgan fingerprint density at radius 3 is 2.20 bits per heavy atom. The smallest absolute Gasteiger partial charge is 0.00185 e. The fraction of sp³-hybridized carbons (Fsp3) is 0.800. The second-order valence-corrected chi connectivity index (χ2v) is 4.51. The van der Waals surface area contributed by atoms with Crippen LogP contribution in [-0.2, 0) is 0 Å². The Kier molecular flexibility index (Phi) is 0.962. The largest absolute Gasteiger partial charge is 0.0768 e. The minimum Gasteiger partial charge on any atom is -0.0768 e. The van der Waals surface area contributed by atoms with Crippen molar-refractivity contribution in [3.05, 3.63) is 12.2 Å². The highest BCUT2D eigenvalue weighted by atomic mass is 14.6. The average molecular weight is 135 g/mol. The molecule has 1 fully saturated rings. The summed E-state index contributed by atoms with van der Waals surface area (Å²) >= 11 is 0. The maximum absolute atomic E-state index is 3.50. The van der Waals surface area contributed by atoms with Crippen LogP contribution in [0, 0.1) is 22.8 Å². The zero-order valence-electron chi connectivity index (χ0n) is 7.07. The highest BCUT2D eigenvalue weighted by molar-refractivity contribution is 5.17. The summed E-state index contributed by atoms with van der Waals surface area (Å²) in [7, 11) is 0. The SMILES string of the molecule is CC1(C)[C@H]2C=[C][C@@]1(C)CC2. The van der Waals surface area contributed by atoms with Gasteiger partial charge >= 0.3 is 0 Å². The summed E-state index contributed by atoms with van der Waals surface area (Å²) in [6.45, 7) is 7.10. The number of fused-ring (bicyclic) bond motifs is 2. The van der Waals surface area contributed by atoms with Crippen molar-refractivity contribution in [1.29, 1.82) is 0 Å². The topological polar surface area (TPSA) is 0 Å². The molecule has 2 aliphatic rings. The molecule has 0 aliphatic heterocycles. The van der Waals surface area contributed by atoms with Crippen LogP contribution in [-0.4, -0.2) is 0 Å². The molecule has 10 heavy (non-hydrogen) atoms. The standard InChI is InChI=1S/C10H15/c1-9(2)8-4-6-10(9,3)7-5-8/h4,8H,5,7H2,1-3H3/t8-,10-/m0/s1. The lowest BCUT2D eigenvalue weighted by Gasteiger charge is -2.33. The Bertz CT molecular complexity index is 188. The van der Waals surface area contributed by atoms with Crippen LogP contribution in [0.4, 0.5) is 0 Å². The van der Waals surface area contributed by atoms with Crippen molar-refractivity contribution in [2.45, 2.75) is 33.6 Å². The van der Waals surface area contributed by atoms with Crippen LogP contribution in [0.1, 0.15) is 33.6 Å². The third-order valence-corrected chi connectivity index (χ3v) is 3.91. The molecular formula is C10H15. The maximum atomic E-state index is 3.50. The van der Waals surface area contributed by atoms with Crippen LogP contribution in [0.5, 0.6) is 0 Å². The molecule has 0 aromatic rings. The van der Waals surface area contributed by atoms with Crippen molar-refractivity contribution < 1.29 is 0 Å². The van der Waals surface area contributed by atoms with Crippen molar-refractivity contribution in [2.24, 2.45) is 16.7 Å². The number of hydrogen-bond donors (Lipinski definition) is 0. The monoisotopic (exact) mass is 135 g/mol. The summed E-state index contributed by atoms with van der Waals surface area (Å²) in [5, 5.41) is 0. The van der Waals surface area contributed by atoms with Gasteiger partial charge in [0, 0.05) is 0 Å². The Morgan fingerprint density at radius 1 is 1.40 bits per heavy atom. The molecule has 2 rings (SSSR count). The molecule has 2 atom stereocenters. The lowest BCUT2D eigenvalue weighted by molar-refractivity contribution is 0.176. The predicted octanol–water partition coefficient (Wildman–Crippen LogP) is 2.80. The first-order chi connectivity index (χ1) is 4.56. The molecule has 1 radical (unpaired) electrons. The molecule has 1 saturated carbocycles. The second kappa shape index (κ2) is 1.49. The van der Waals surface area contributed by atoms with E-state index in [1.165, 1.54) is 12.8 Å². The highest BCUT2D eigenvalue weighted by Gasteiger charge is 2.52. The van der Waals surface area contributed by atoms with Crippen LogP contribution >= 0.6 is 0 Å². The van der Waals surface area contributed by atoms with Crippen LogP contribution < -0.4 is 0 Å².